The molecule has 0 fully saturated rings. The molecular weight excluding hydrogens is 280 g/mol. The number of carbonyl (C=O) groups is 1. The molecule has 0 amide bonds. The first-order valence-electron chi connectivity index (χ1n) is 8.12. The average Bonchev–Trinajstić information content (AvgIpc) is 2.50. The van der Waals surface area contributed by atoms with Gasteiger partial charge in [0, 0.05) is 5.56 Å². The maximum atomic E-state index is 11.4. The molecule has 0 heterocycles. The minimum absolute atomic E-state index is 0.269. The van der Waals surface area contributed by atoms with Crippen LogP contribution >= 0.6 is 0 Å². The quantitative estimate of drug-likeness (QED) is 0.328. The normalized spacial score (nSPS) is 12.5. The summed E-state index contributed by atoms with van der Waals surface area (Å²) in [5.74, 6) is 0. The molecule has 1 nitrogen and oxygen atoms in total. The van der Waals surface area contributed by atoms with E-state index in [1.165, 1.54) is 32.5 Å². The molecule has 1 heteroatoms. The van der Waals surface area contributed by atoms with E-state index in [1.54, 1.807) is 0 Å². The zero-order chi connectivity index (χ0) is 16.2. The summed E-state index contributed by atoms with van der Waals surface area (Å²) in [5.41, 5.74) is 2.41. The molecule has 114 valence electrons. The molecule has 0 bridgehead atoms. The minimum atomic E-state index is 0.269. The molecule has 4 aromatic carbocycles. The van der Waals surface area contributed by atoms with Crippen molar-refractivity contribution in [1.29, 1.82) is 0 Å². The topological polar surface area (TPSA) is 17.1 Å². The van der Waals surface area contributed by atoms with E-state index in [1.807, 2.05) is 12.1 Å². The van der Waals surface area contributed by atoms with E-state index in [9.17, 15) is 4.79 Å². The van der Waals surface area contributed by atoms with Gasteiger partial charge >= 0.3 is 0 Å². The smallest absolute Gasteiger partial charge is 0.150 e. The van der Waals surface area contributed by atoms with Gasteiger partial charge in [-0.3, -0.25) is 4.79 Å². The second kappa shape index (κ2) is 4.79. The van der Waals surface area contributed by atoms with E-state index in [-0.39, 0.29) is 5.41 Å². The molecule has 0 spiro atoms. The van der Waals surface area contributed by atoms with Crippen molar-refractivity contribution in [3.05, 3.63) is 59.7 Å². The van der Waals surface area contributed by atoms with Crippen LogP contribution in [0.1, 0.15) is 36.7 Å². The van der Waals surface area contributed by atoms with Gasteiger partial charge in [-0.25, -0.2) is 0 Å². The Kier molecular flexibility index (Phi) is 2.96. The summed E-state index contributed by atoms with van der Waals surface area (Å²) in [4.78, 5) is 11.4. The van der Waals surface area contributed by atoms with Crippen molar-refractivity contribution in [2.24, 2.45) is 5.41 Å². The molecule has 4 aromatic rings. The lowest BCUT2D eigenvalue weighted by Crippen LogP contribution is -2.09. The van der Waals surface area contributed by atoms with Gasteiger partial charge in [0.2, 0.25) is 0 Å². The summed E-state index contributed by atoms with van der Waals surface area (Å²) in [6.45, 7) is 6.81. The standard InChI is InChI=1S/C22H20O/c1-22(2,3)12-14-10-16-6-4-15-5-7-18(13-23)19-9-8-17(11-14)20(16)21(15)19/h4-11,13H,12H2,1-3H3. The van der Waals surface area contributed by atoms with Crippen molar-refractivity contribution in [3.8, 4) is 0 Å². The maximum absolute atomic E-state index is 11.4. The third-order valence-electron chi connectivity index (χ3n) is 4.55. The summed E-state index contributed by atoms with van der Waals surface area (Å²) in [6, 6.07) is 17.2. The minimum Gasteiger partial charge on any atom is -0.298 e. The fraction of sp³-hybridized carbons (Fsp3) is 0.227. The number of rotatable bonds is 2. The fourth-order valence-corrected chi connectivity index (χ4v) is 3.72. The van der Waals surface area contributed by atoms with Gasteiger partial charge in [-0.05, 0) is 49.7 Å². The Morgan fingerprint density at radius 2 is 1.43 bits per heavy atom. The van der Waals surface area contributed by atoms with Crippen LogP contribution in [0.4, 0.5) is 0 Å². The molecule has 0 saturated heterocycles. The van der Waals surface area contributed by atoms with Crippen LogP contribution in [0.15, 0.2) is 48.5 Å². The SMILES string of the molecule is CC(C)(C)Cc1cc2ccc3ccc(C=O)c4ccc(c1)c2c34. The van der Waals surface area contributed by atoms with Crippen molar-refractivity contribution in [2.45, 2.75) is 27.2 Å². The van der Waals surface area contributed by atoms with Crippen LogP contribution in [0.2, 0.25) is 0 Å². The van der Waals surface area contributed by atoms with E-state index in [0.717, 1.165) is 23.7 Å². The van der Waals surface area contributed by atoms with Crippen LogP contribution < -0.4 is 0 Å². The molecule has 0 aliphatic heterocycles. The molecule has 0 unspecified atom stereocenters. The molecule has 0 N–H and O–H groups in total. The number of hydrogen-bond donors (Lipinski definition) is 0. The number of carbonyl (C=O) groups excluding carboxylic acids is 1. The summed E-state index contributed by atoms with van der Waals surface area (Å²) < 4.78 is 0. The van der Waals surface area contributed by atoms with Crippen LogP contribution in [0.25, 0.3) is 32.3 Å². The highest BCUT2D eigenvalue weighted by Crippen LogP contribution is 2.37. The molecule has 0 radical (unpaired) electrons. The summed E-state index contributed by atoms with van der Waals surface area (Å²) in [6.07, 6.45) is 2.01. The van der Waals surface area contributed by atoms with Crippen LogP contribution in [0.3, 0.4) is 0 Å². The molecule has 23 heavy (non-hydrogen) atoms. The van der Waals surface area contributed by atoms with E-state index < -0.39 is 0 Å². The predicted octanol–water partition coefficient (Wildman–Crippen LogP) is 5.99. The lowest BCUT2D eigenvalue weighted by Gasteiger charge is -2.20. The first kappa shape index (κ1) is 14.2. The Bertz CT molecular complexity index is 1020. The monoisotopic (exact) mass is 300 g/mol. The van der Waals surface area contributed by atoms with Gasteiger partial charge in [0.25, 0.3) is 0 Å². The first-order chi connectivity index (χ1) is 11.0. The fourth-order valence-electron chi connectivity index (χ4n) is 3.72. The molecule has 0 saturated carbocycles. The summed E-state index contributed by atoms with van der Waals surface area (Å²) in [5, 5.41) is 7.28. The van der Waals surface area contributed by atoms with E-state index >= 15 is 0 Å². The number of aldehydes is 1. The van der Waals surface area contributed by atoms with E-state index in [0.29, 0.717) is 0 Å². The van der Waals surface area contributed by atoms with Crippen molar-refractivity contribution in [3.63, 3.8) is 0 Å². The van der Waals surface area contributed by atoms with Crippen molar-refractivity contribution in [1.82, 2.24) is 0 Å². The molecule has 4 rings (SSSR count). The van der Waals surface area contributed by atoms with Crippen LogP contribution in [0, 0.1) is 5.41 Å². The third kappa shape index (κ3) is 2.28. The average molecular weight is 300 g/mol. The van der Waals surface area contributed by atoms with Crippen LogP contribution in [-0.2, 0) is 6.42 Å². The third-order valence-corrected chi connectivity index (χ3v) is 4.55. The lowest BCUT2D eigenvalue weighted by molar-refractivity contribution is 0.112. The van der Waals surface area contributed by atoms with E-state index in [4.69, 9.17) is 0 Å². The Labute approximate surface area is 136 Å². The molecule has 0 aromatic heterocycles. The second-order valence-corrected chi connectivity index (χ2v) is 7.70. The Morgan fingerprint density at radius 3 is 2.09 bits per heavy atom. The maximum Gasteiger partial charge on any atom is 0.150 e. The van der Waals surface area contributed by atoms with Gasteiger partial charge in [-0.2, -0.15) is 0 Å². The van der Waals surface area contributed by atoms with Crippen molar-refractivity contribution >= 4 is 38.6 Å². The van der Waals surface area contributed by atoms with Gasteiger partial charge < -0.3 is 0 Å². The molecule has 0 aliphatic carbocycles. The second-order valence-electron chi connectivity index (χ2n) is 7.70. The first-order valence-corrected chi connectivity index (χ1v) is 8.12. The van der Waals surface area contributed by atoms with Crippen molar-refractivity contribution < 1.29 is 4.79 Å². The number of hydrogen-bond acceptors (Lipinski definition) is 1. The van der Waals surface area contributed by atoms with Gasteiger partial charge in [0.15, 0.2) is 6.29 Å². The number of benzene rings is 4. The zero-order valence-electron chi connectivity index (χ0n) is 13.8. The van der Waals surface area contributed by atoms with Gasteiger partial charge in [-0.15, -0.1) is 0 Å². The highest BCUT2D eigenvalue weighted by molar-refractivity contribution is 6.25. The van der Waals surface area contributed by atoms with Gasteiger partial charge in [0.05, 0.1) is 0 Å². The van der Waals surface area contributed by atoms with E-state index in [2.05, 4.69) is 57.2 Å². The van der Waals surface area contributed by atoms with Gasteiger partial charge in [0.1, 0.15) is 0 Å². The molecular formula is C22H20O. The molecule has 0 aliphatic rings. The lowest BCUT2D eigenvalue weighted by atomic mass is 9.85. The van der Waals surface area contributed by atoms with Crippen LogP contribution in [0.5, 0.6) is 0 Å². The summed E-state index contributed by atoms with van der Waals surface area (Å²) in [7, 11) is 0. The Balaban J connectivity index is 2.10. The van der Waals surface area contributed by atoms with Crippen LogP contribution in [-0.4, -0.2) is 6.29 Å². The Morgan fingerprint density at radius 1 is 0.826 bits per heavy atom. The Hall–Kier alpha value is -2.41. The van der Waals surface area contributed by atoms with Crippen molar-refractivity contribution in [2.75, 3.05) is 0 Å². The highest BCUT2D eigenvalue weighted by atomic mass is 16.1. The largest absolute Gasteiger partial charge is 0.298 e. The highest BCUT2D eigenvalue weighted by Gasteiger charge is 2.15. The zero-order valence-corrected chi connectivity index (χ0v) is 13.8. The predicted molar refractivity (Wildman–Crippen MR) is 98.7 cm³/mol. The molecule has 0 atom stereocenters. The summed E-state index contributed by atoms with van der Waals surface area (Å²) >= 11 is 0. The van der Waals surface area contributed by atoms with Gasteiger partial charge in [-0.1, -0.05) is 69.3 Å².